The first-order valence-corrected chi connectivity index (χ1v) is 7.68. The van der Waals surface area contributed by atoms with E-state index in [1.165, 1.54) is 31.7 Å². The highest BCUT2D eigenvalue weighted by Crippen LogP contribution is 2.28. The molecule has 3 rings (SSSR count). The molecule has 0 amide bonds. The van der Waals surface area contributed by atoms with Crippen LogP contribution in [0.5, 0.6) is 5.75 Å². The van der Waals surface area contributed by atoms with E-state index in [2.05, 4.69) is 27.2 Å². The third-order valence-electron chi connectivity index (χ3n) is 4.52. The number of para-hydroxylation sites is 2. The summed E-state index contributed by atoms with van der Waals surface area (Å²) in [4.78, 5) is 5.05. The summed E-state index contributed by atoms with van der Waals surface area (Å²) in [5, 5.41) is 3.35. The van der Waals surface area contributed by atoms with Crippen LogP contribution in [0, 0.1) is 5.92 Å². The van der Waals surface area contributed by atoms with Gasteiger partial charge in [0.1, 0.15) is 5.75 Å². The normalized spacial score (nSPS) is 20.8. The van der Waals surface area contributed by atoms with E-state index in [-0.39, 0.29) is 0 Å². The van der Waals surface area contributed by atoms with Crippen LogP contribution >= 0.6 is 0 Å². The van der Waals surface area contributed by atoms with Crippen molar-refractivity contribution in [1.29, 1.82) is 0 Å². The molecule has 2 heterocycles. The van der Waals surface area contributed by atoms with Gasteiger partial charge in [-0.1, -0.05) is 12.1 Å². The Morgan fingerprint density at radius 2 is 1.90 bits per heavy atom. The zero-order valence-electron chi connectivity index (χ0n) is 12.3. The molecular formula is C16H25N3O. The van der Waals surface area contributed by atoms with E-state index in [0.29, 0.717) is 0 Å². The zero-order valence-corrected chi connectivity index (χ0v) is 12.3. The first-order chi connectivity index (χ1) is 9.86. The summed E-state index contributed by atoms with van der Waals surface area (Å²) in [6.07, 6.45) is 1.35. The number of nitrogens with one attached hydrogen (secondary N) is 1. The van der Waals surface area contributed by atoms with Crippen LogP contribution in [0.15, 0.2) is 24.3 Å². The number of anilines is 1. The summed E-state index contributed by atoms with van der Waals surface area (Å²) in [6, 6.07) is 8.33. The summed E-state index contributed by atoms with van der Waals surface area (Å²) in [5.74, 6) is 1.91. The molecule has 110 valence electrons. The molecule has 0 spiro atoms. The zero-order chi connectivity index (χ0) is 13.8. The number of ether oxygens (including phenoxy) is 1. The van der Waals surface area contributed by atoms with Crippen molar-refractivity contribution in [3.63, 3.8) is 0 Å². The minimum Gasteiger partial charge on any atom is -0.495 e. The van der Waals surface area contributed by atoms with Gasteiger partial charge in [-0.3, -0.25) is 4.90 Å². The first-order valence-electron chi connectivity index (χ1n) is 7.68. The van der Waals surface area contributed by atoms with E-state index in [1.54, 1.807) is 7.11 Å². The largest absolute Gasteiger partial charge is 0.495 e. The molecule has 2 aliphatic heterocycles. The lowest BCUT2D eigenvalue weighted by Crippen LogP contribution is -2.49. The standard InChI is InChI=1S/C16H25N3O/c1-20-16-5-3-2-4-15(16)19-10-8-18(9-11-19)7-6-14-12-17-13-14/h2-5,14,17H,6-13H2,1H3. The molecule has 0 unspecified atom stereocenters. The molecule has 0 radical (unpaired) electrons. The Morgan fingerprint density at radius 3 is 2.55 bits per heavy atom. The average molecular weight is 275 g/mol. The molecule has 0 atom stereocenters. The van der Waals surface area contributed by atoms with Gasteiger partial charge in [0, 0.05) is 26.2 Å². The number of hydrogen-bond donors (Lipinski definition) is 1. The highest BCUT2D eigenvalue weighted by molar-refractivity contribution is 5.58. The number of benzene rings is 1. The van der Waals surface area contributed by atoms with Crippen LogP contribution in [0.3, 0.4) is 0 Å². The van der Waals surface area contributed by atoms with Crippen LogP contribution < -0.4 is 15.0 Å². The second-order valence-corrected chi connectivity index (χ2v) is 5.81. The van der Waals surface area contributed by atoms with Crippen LogP contribution in [-0.4, -0.2) is 57.8 Å². The maximum atomic E-state index is 5.46. The third-order valence-corrected chi connectivity index (χ3v) is 4.52. The highest BCUT2D eigenvalue weighted by atomic mass is 16.5. The fourth-order valence-electron chi connectivity index (χ4n) is 3.02. The van der Waals surface area contributed by atoms with Crippen LogP contribution in [0.4, 0.5) is 5.69 Å². The monoisotopic (exact) mass is 275 g/mol. The molecule has 0 saturated carbocycles. The Hall–Kier alpha value is -1.26. The minimum absolute atomic E-state index is 0.919. The quantitative estimate of drug-likeness (QED) is 0.880. The lowest BCUT2D eigenvalue weighted by atomic mass is 9.99. The molecule has 2 aliphatic rings. The Morgan fingerprint density at radius 1 is 1.15 bits per heavy atom. The van der Waals surface area contributed by atoms with E-state index in [1.807, 2.05) is 12.1 Å². The van der Waals surface area contributed by atoms with Gasteiger partial charge in [-0.2, -0.15) is 0 Å². The van der Waals surface area contributed by atoms with E-state index >= 15 is 0 Å². The molecule has 1 N–H and O–H groups in total. The van der Waals surface area contributed by atoms with Gasteiger partial charge in [-0.25, -0.2) is 0 Å². The molecule has 0 bridgehead atoms. The van der Waals surface area contributed by atoms with Gasteiger partial charge >= 0.3 is 0 Å². The topological polar surface area (TPSA) is 27.7 Å². The van der Waals surface area contributed by atoms with Gasteiger partial charge in [0.25, 0.3) is 0 Å². The Kier molecular flexibility index (Phi) is 4.43. The van der Waals surface area contributed by atoms with E-state index in [9.17, 15) is 0 Å². The molecule has 20 heavy (non-hydrogen) atoms. The highest BCUT2D eigenvalue weighted by Gasteiger charge is 2.21. The molecule has 0 aliphatic carbocycles. The molecule has 1 aromatic rings. The van der Waals surface area contributed by atoms with Gasteiger partial charge in [0.15, 0.2) is 0 Å². The van der Waals surface area contributed by atoms with Crippen molar-refractivity contribution >= 4 is 5.69 Å². The maximum absolute atomic E-state index is 5.46. The van der Waals surface area contributed by atoms with Crippen LogP contribution in [0.2, 0.25) is 0 Å². The van der Waals surface area contributed by atoms with Crippen molar-refractivity contribution in [3.05, 3.63) is 24.3 Å². The summed E-state index contributed by atoms with van der Waals surface area (Å²) in [7, 11) is 1.75. The summed E-state index contributed by atoms with van der Waals surface area (Å²) in [6.45, 7) is 8.23. The third kappa shape index (κ3) is 3.07. The van der Waals surface area contributed by atoms with Crippen molar-refractivity contribution in [3.8, 4) is 5.75 Å². The van der Waals surface area contributed by atoms with Crippen LogP contribution in [0.1, 0.15) is 6.42 Å². The van der Waals surface area contributed by atoms with Gasteiger partial charge in [-0.15, -0.1) is 0 Å². The summed E-state index contributed by atoms with van der Waals surface area (Å²) in [5.41, 5.74) is 1.23. The minimum atomic E-state index is 0.919. The van der Waals surface area contributed by atoms with Crippen molar-refractivity contribution in [2.45, 2.75) is 6.42 Å². The number of nitrogens with zero attached hydrogens (tertiary/aromatic N) is 2. The lowest BCUT2D eigenvalue weighted by Gasteiger charge is -2.38. The predicted octanol–water partition coefficient (Wildman–Crippen LogP) is 1.43. The number of rotatable bonds is 5. The van der Waals surface area contributed by atoms with E-state index in [4.69, 9.17) is 4.74 Å². The molecule has 4 heteroatoms. The molecule has 2 saturated heterocycles. The number of hydrogen-bond acceptors (Lipinski definition) is 4. The van der Waals surface area contributed by atoms with Gasteiger partial charge in [0.05, 0.1) is 12.8 Å². The number of piperazine rings is 1. The molecule has 2 fully saturated rings. The molecule has 1 aromatic carbocycles. The van der Waals surface area contributed by atoms with Crippen molar-refractivity contribution in [2.75, 3.05) is 57.8 Å². The molecule has 4 nitrogen and oxygen atoms in total. The van der Waals surface area contributed by atoms with Crippen LogP contribution in [0.25, 0.3) is 0 Å². The maximum Gasteiger partial charge on any atom is 0.142 e. The van der Waals surface area contributed by atoms with Crippen molar-refractivity contribution in [2.24, 2.45) is 5.92 Å². The van der Waals surface area contributed by atoms with E-state index < -0.39 is 0 Å². The second-order valence-electron chi connectivity index (χ2n) is 5.81. The molecule has 0 aromatic heterocycles. The van der Waals surface area contributed by atoms with Crippen molar-refractivity contribution < 1.29 is 4.74 Å². The fourth-order valence-corrected chi connectivity index (χ4v) is 3.02. The first kappa shape index (κ1) is 13.7. The van der Waals surface area contributed by atoms with Crippen molar-refractivity contribution in [1.82, 2.24) is 10.2 Å². The molecular weight excluding hydrogens is 250 g/mol. The second kappa shape index (κ2) is 6.46. The Labute approximate surface area is 121 Å². The van der Waals surface area contributed by atoms with Gasteiger partial charge in [0.2, 0.25) is 0 Å². The predicted molar refractivity (Wildman–Crippen MR) is 82.6 cm³/mol. The van der Waals surface area contributed by atoms with Gasteiger partial charge < -0.3 is 15.0 Å². The SMILES string of the molecule is COc1ccccc1N1CCN(CCC2CNC2)CC1. The Bertz CT molecular complexity index is 425. The van der Waals surface area contributed by atoms with Gasteiger partial charge in [-0.05, 0) is 44.1 Å². The van der Waals surface area contributed by atoms with Crippen LogP contribution in [-0.2, 0) is 0 Å². The lowest BCUT2D eigenvalue weighted by molar-refractivity contribution is 0.216. The summed E-state index contributed by atoms with van der Waals surface area (Å²) >= 11 is 0. The Balaban J connectivity index is 1.50. The average Bonchev–Trinajstić information content (AvgIpc) is 2.46. The summed E-state index contributed by atoms with van der Waals surface area (Å²) < 4.78 is 5.46. The van der Waals surface area contributed by atoms with E-state index in [0.717, 1.165) is 37.8 Å². The number of methoxy groups -OCH3 is 1. The smallest absolute Gasteiger partial charge is 0.142 e. The fraction of sp³-hybridized carbons (Fsp3) is 0.625.